The fourth-order valence-corrected chi connectivity index (χ4v) is 1.75. The minimum atomic E-state index is -3.32. The third-order valence-electron chi connectivity index (χ3n) is 2.08. The largest absolute Gasteiger partial charge is 0.397 e. The van der Waals surface area contributed by atoms with Crippen LogP contribution in [0.25, 0.3) is 0 Å². The molecular formula is C10H16N2O2S. The normalized spacial score (nSPS) is 11.7. The maximum absolute atomic E-state index is 11.6. The number of nitrogens with two attached hydrogens (primary N) is 1. The predicted octanol–water partition coefficient (Wildman–Crippen LogP) is 1.73. The third-order valence-corrected chi connectivity index (χ3v) is 3.83. The van der Waals surface area contributed by atoms with Crippen LogP contribution in [0.4, 0.5) is 11.4 Å². The van der Waals surface area contributed by atoms with Gasteiger partial charge in [-0.3, -0.25) is 4.72 Å². The van der Waals surface area contributed by atoms with Gasteiger partial charge in [0.25, 0.3) is 0 Å². The van der Waals surface area contributed by atoms with Crippen molar-refractivity contribution in [2.45, 2.75) is 26.0 Å². The molecule has 1 aromatic rings. The quantitative estimate of drug-likeness (QED) is 0.774. The number of hydrogen-bond donors (Lipinski definition) is 2. The molecular weight excluding hydrogens is 212 g/mol. The molecule has 0 aliphatic heterocycles. The second kappa shape index (κ2) is 4.10. The summed E-state index contributed by atoms with van der Waals surface area (Å²) in [6, 6.07) is 5.24. The Balaban J connectivity index is 3.05. The van der Waals surface area contributed by atoms with Crippen molar-refractivity contribution in [2.24, 2.45) is 0 Å². The number of anilines is 2. The molecule has 1 aromatic carbocycles. The van der Waals surface area contributed by atoms with Gasteiger partial charge in [0.1, 0.15) is 0 Å². The predicted molar refractivity (Wildman–Crippen MR) is 63.3 cm³/mol. The topological polar surface area (TPSA) is 72.2 Å². The molecule has 0 atom stereocenters. The number of aryl methyl sites for hydroxylation is 1. The van der Waals surface area contributed by atoms with Crippen LogP contribution in [0.3, 0.4) is 0 Å². The van der Waals surface area contributed by atoms with Gasteiger partial charge in [-0.1, -0.05) is 6.07 Å². The van der Waals surface area contributed by atoms with Gasteiger partial charge in [0.05, 0.1) is 16.6 Å². The van der Waals surface area contributed by atoms with Crippen LogP contribution < -0.4 is 10.5 Å². The van der Waals surface area contributed by atoms with Crippen LogP contribution in [0.5, 0.6) is 0 Å². The molecule has 84 valence electrons. The third kappa shape index (κ3) is 2.86. The van der Waals surface area contributed by atoms with Gasteiger partial charge in [-0.2, -0.15) is 0 Å². The highest BCUT2D eigenvalue weighted by Gasteiger charge is 2.16. The molecule has 0 heterocycles. The highest BCUT2D eigenvalue weighted by atomic mass is 32.2. The zero-order valence-corrected chi connectivity index (χ0v) is 9.93. The molecule has 4 nitrogen and oxygen atoms in total. The Morgan fingerprint density at radius 3 is 2.47 bits per heavy atom. The van der Waals surface area contributed by atoms with Crippen LogP contribution in [0, 0.1) is 6.92 Å². The van der Waals surface area contributed by atoms with Gasteiger partial charge < -0.3 is 5.73 Å². The van der Waals surface area contributed by atoms with Gasteiger partial charge in [0.15, 0.2) is 0 Å². The molecule has 0 aromatic heterocycles. The molecule has 0 radical (unpaired) electrons. The van der Waals surface area contributed by atoms with E-state index in [4.69, 9.17) is 5.73 Å². The summed E-state index contributed by atoms with van der Waals surface area (Å²) >= 11 is 0. The molecule has 0 amide bonds. The molecule has 0 aliphatic carbocycles. The SMILES string of the molecule is Cc1ccc(N)c(NS(=O)(=O)C(C)C)c1. The van der Waals surface area contributed by atoms with Crippen molar-refractivity contribution in [3.8, 4) is 0 Å². The summed E-state index contributed by atoms with van der Waals surface area (Å²) in [4.78, 5) is 0. The Hall–Kier alpha value is -1.23. The van der Waals surface area contributed by atoms with E-state index >= 15 is 0 Å². The van der Waals surface area contributed by atoms with Gasteiger partial charge in [-0.05, 0) is 38.5 Å². The highest BCUT2D eigenvalue weighted by molar-refractivity contribution is 7.93. The molecule has 0 bridgehead atoms. The second-order valence-corrected chi connectivity index (χ2v) is 6.02. The second-order valence-electron chi connectivity index (χ2n) is 3.79. The number of hydrogen-bond acceptors (Lipinski definition) is 3. The van der Waals surface area contributed by atoms with Crippen LogP contribution in [-0.4, -0.2) is 13.7 Å². The van der Waals surface area contributed by atoms with E-state index in [0.717, 1.165) is 5.56 Å². The number of nitrogen functional groups attached to an aromatic ring is 1. The molecule has 1 rings (SSSR count). The maximum atomic E-state index is 11.6. The summed E-state index contributed by atoms with van der Waals surface area (Å²) in [5.41, 5.74) is 7.52. The summed E-state index contributed by atoms with van der Waals surface area (Å²) < 4.78 is 25.7. The summed E-state index contributed by atoms with van der Waals surface area (Å²) in [5.74, 6) is 0. The van der Waals surface area contributed by atoms with Crippen LogP contribution in [0.15, 0.2) is 18.2 Å². The molecule has 15 heavy (non-hydrogen) atoms. The number of sulfonamides is 1. The van der Waals surface area contributed by atoms with E-state index in [0.29, 0.717) is 11.4 Å². The minimum Gasteiger partial charge on any atom is -0.397 e. The van der Waals surface area contributed by atoms with Crippen molar-refractivity contribution in [3.05, 3.63) is 23.8 Å². The molecule has 0 unspecified atom stereocenters. The Morgan fingerprint density at radius 2 is 1.93 bits per heavy atom. The van der Waals surface area contributed by atoms with E-state index in [2.05, 4.69) is 4.72 Å². The molecule has 0 aliphatic rings. The van der Waals surface area contributed by atoms with Gasteiger partial charge in [-0.25, -0.2) is 8.42 Å². The van der Waals surface area contributed by atoms with E-state index in [1.54, 1.807) is 26.0 Å². The van der Waals surface area contributed by atoms with E-state index in [1.807, 2.05) is 13.0 Å². The van der Waals surface area contributed by atoms with E-state index in [1.165, 1.54) is 0 Å². The maximum Gasteiger partial charge on any atom is 0.235 e. The fourth-order valence-electron chi connectivity index (χ4n) is 1.03. The van der Waals surface area contributed by atoms with Crippen LogP contribution in [0.1, 0.15) is 19.4 Å². The lowest BCUT2D eigenvalue weighted by Gasteiger charge is -2.13. The Bertz CT molecular complexity index is 452. The van der Waals surface area contributed by atoms with Crippen LogP contribution >= 0.6 is 0 Å². The van der Waals surface area contributed by atoms with E-state index < -0.39 is 15.3 Å². The van der Waals surface area contributed by atoms with Crippen molar-refractivity contribution < 1.29 is 8.42 Å². The molecule has 3 N–H and O–H groups in total. The zero-order valence-electron chi connectivity index (χ0n) is 9.11. The fraction of sp³-hybridized carbons (Fsp3) is 0.400. The van der Waals surface area contributed by atoms with Crippen molar-refractivity contribution >= 4 is 21.4 Å². The lowest BCUT2D eigenvalue weighted by molar-refractivity contribution is 0.593. The average molecular weight is 228 g/mol. The first-order valence-corrected chi connectivity index (χ1v) is 6.25. The number of rotatable bonds is 3. The van der Waals surface area contributed by atoms with Gasteiger partial charge in [0, 0.05) is 0 Å². The van der Waals surface area contributed by atoms with Crippen molar-refractivity contribution in [2.75, 3.05) is 10.5 Å². The van der Waals surface area contributed by atoms with Crippen molar-refractivity contribution in [3.63, 3.8) is 0 Å². The molecule has 0 spiro atoms. The summed E-state index contributed by atoms with van der Waals surface area (Å²) in [5, 5.41) is -0.475. The standard InChI is InChI=1S/C10H16N2O2S/c1-7(2)15(13,14)12-10-6-8(3)4-5-9(10)11/h4-7,12H,11H2,1-3H3. The van der Waals surface area contributed by atoms with Crippen LogP contribution in [0.2, 0.25) is 0 Å². The van der Waals surface area contributed by atoms with Gasteiger partial charge >= 0.3 is 0 Å². The van der Waals surface area contributed by atoms with Gasteiger partial charge in [-0.15, -0.1) is 0 Å². The first-order valence-electron chi connectivity index (χ1n) is 4.70. The highest BCUT2D eigenvalue weighted by Crippen LogP contribution is 2.21. The van der Waals surface area contributed by atoms with E-state index in [9.17, 15) is 8.42 Å². The number of nitrogens with one attached hydrogen (secondary N) is 1. The number of benzene rings is 1. The zero-order chi connectivity index (χ0) is 11.6. The summed E-state index contributed by atoms with van der Waals surface area (Å²) in [7, 11) is -3.32. The van der Waals surface area contributed by atoms with E-state index in [-0.39, 0.29) is 0 Å². The molecule has 0 saturated carbocycles. The lowest BCUT2D eigenvalue weighted by atomic mass is 10.2. The molecule has 0 fully saturated rings. The summed E-state index contributed by atoms with van der Waals surface area (Å²) in [6.07, 6.45) is 0. The molecule has 0 saturated heterocycles. The first-order chi connectivity index (χ1) is 6.83. The Morgan fingerprint density at radius 1 is 1.33 bits per heavy atom. The van der Waals surface area contributed by atoms with Crippen molar-refractivity contribution in [1.29, 1.82) is 0 Å². The lowest BCUT2D eigenvalue weighted by Crippen LogP contribution is -2.23. The monoisotopic (exact) mass is 228 g/mol. The Labute approximate surface area is 90.5 Å². The Kier molecular flexibility index (Phi) is 3.24. The molecule has 5 heteroatoms. The smallest absolute Gasteiger partial charge is 0.235 e. The summed E-state index contributed by atoms with van der Waals surface area (Å²) in [6.45, 7) is 5.12. The van der Waals surface area contributed by atoms with Crippen LogP contribution in [-0.2, 0) is 10.0 Å². The first kappa shape index (κ1) is 11.8. The van der Waals surface area contributed by atoms with Gasteiger partial charge in [0.2, 0.25) is 10.0 Å². The van der Waals surface area contributed by atoms with Crippen molar-refractivity contribution in [1.82, 2.24) is 0 Å². The average Bonchev–Trinajstić information content (AvgIpc) is 2.10. The minimum absolute atomic E-state index is 0.435.